The van der Waals surface area contributed by atoms with Gasteiger partial charge < -0.3 is 14.4 Å². The van der Waals surface area contributed by atoms with Crippen molar-refractivity contribution in [2.75, 3.05) is 31.1 Å². The smallest absolute Gasteiger partial charge is 0.410 e. The number of carbonyl (C=O) groups is 1. The Bertz CT molecular complexity index is 2220. The molecule has 0 N–H and O–H groups in total. The van der Waals surface area contributed by atoms with E-state index in [1.54, 1.807) is 18.2 Å². The number of amides is 1. The van der Waals surface area contributed by atoms with E-state index >= 15 is 8.78 Å². The molecule has 6 atom stereocenters. The van der Waals surface area contributed by atoms with Crippen LogP contribution in [0.1, 0.15) is 83.4 Å². The highest BCUT2D eigenvalue weighted by molar-refractivity contribution is 6.03. The molecule has 0 radical (unpaired) electrons. The first-order valence-corrected chi connectivity index (χ1v) is 18.7. The molecule has 0 saturated carbocycles. The number of anilines is 1. The Morgan fingerprint density at radius 2 is 1.91 bits per heavy atom. The molecule has 5 aliphatic heterocycles. The standard InChI is InChI=1S/C41H43F3N6O3/c1-6-26-28(43)13-11-23-9-7-10-27(31(23)26)35-33(44)36-32-34(45-35)22(2)17-30-29-14-12-25(50(29)39(51)53-40(3,4)5)20-49(30)37(32)47-38(46-36)52-21-41-15-8-16-48(41)19-24(42)18-41/h1,7,9-11,13,22,24-25,29-30H,8,12,14-21H2,2-5H3/t22-,24+,25+,29-,30-,41-/m0/s1. The predicted molar refractivity (Wildman–Crippen MR) is 196 cm³/mol. The minimum Gasteiger partial charge on any atom is -0.461 e. The molecule has 5 aliphatic rings. The van der Waals surface area contributed by atoms with E-state index in [1.807, 2.05) is 31.7 Å². The first-order chi connectivity index (χ1) is 25.4. The van der Waals surface area contributed by atoms with Gasteiger partial charge in [0.05, 0.1) is 40.3 Å². The maximum atomic E-state index is 17.4. The molecule has 2 aromatic heterocycles. The third-order valence-corrected chi connectivity index (χ3v) is 12.1. The fourth-order valence-corrected chi connectivity index (χ4v) is 9.95. The summed E-state index contributed by atoms with van der Waals surface area (Å²) in [6, 6.07) is 7.76. The topological polar surface area (TPSA) is 83.9 Å². The molecule has 2 bridgehead atoms. The number of carbonyl (C=O) groups excluding carboxylic acids is 1. The lowest BCUT2D eigenvalue weighted by Gasteiger charge is -2.47. The Morgan fingerprint density at radius 3 is 2.70 bits per heavy atom. The molecule has 276 valence electrons. The number of aromatic nitrogens is 3. The van der Waals surface area contributed by atoms with Crippen LogP contribution in [0.4, 0.5) is 23.8 Å². The zero-order valence-electron chi connectivity index (χ0n) is 30.5. The zero-order valence-corrected chi connectivity index (χ0v) is 30.5. The van der Waals surface area contributed by atoms with Crippen molar-refractivity contribution in [3.05, 3.63) is 53.2 Å². The maximum Gasteiger partial charge on any atom is 0.410 e. The van der Waals surface area contributed by atoms with Crippen LogP contribution >= 0.6 is 0 Å². The van der Waals surface area contributed by atoms with Gasteiger partial charge in [0.15, 0.2) is 5.82 Å². The second-order valence-electron chi connectivity index (χ2n) is 16.6. The van der Waals surface area contributed by atoms with Gasteiger partial charge in [-0.05, 0) is 70.9 Å². The average Bonchev–Trinajstić information content (AvgIpc) is 3.73. The van der Waals surface area contributed by atoms with Crippen molar-refractivity contribution in [3.63, 3.8) is 0 Å². The highest BCUT2D eigenvalue weighted by Crippen LogP contribution is 2.48. The van der Waals surface area contributed by atoms with Crippen LogP contribution in [0.3, 0.4) is 0 Å². The van der Waals surface area contributed by atoms with Gasteiger partial charge in [-0.1, -0.05) is 37.1 Å². The Balaban J connectivity index is 1.22. The molecule has 4 saturated heterocycles. The fourth-order valence-electron chi connectivity index (χ4n) is 9.95. The van der Waals surface area contributed by atoms with E-state index in [-0.39, 0.29) is 59.5 Å². The van der Waals surface area contributed by atoms with Gasteiger partial charge in [-0.25, -0.2) is 22.9 Å². The molecule has 0 aliphatic carbocycles. The highest BCUT2D eigenvalue weighted by atomic mass is 19.1. The van der Waals surface area contributed by atoms with E-state index in [0.717, 1.165) is 32.2 Å². The number of halogens is 3. The molecule has 53 heavy (non-hydrogen) atoms. The van der Waals surface area contributed by atoms with Crippen LogP contribution < -0.4 is 9.64 Å². The van der Waals surface area contributed by atoms with Gasteiger partial charge in [0.2, 0.25) is 0 Å². The summed E-state index contributed by atoms with van der Waals surface area (Å²) in [7, 11) is 0. The number of rotatable bonds is 4. The maximum absolute atomic E-state index is 17.4. The molecule has 9 nitrogen and oxygen atoms in total. The van der Waals surface area contributed by atoms with E-state index in [2.05, 4.69) is 22.6 Å². The van der Waals surface area contributed by atoms with E-state index in [0.29, 0.717) is 59.2 Å². The summed E-state index contributed by atoms with van der Waals surface area (Å²) in [5.74, 6) is 1.51. The van der Waals surface area contributed by atoms with E-state index in [1.165, 1.54) is 6.07 Å². The molecular weight excluding hydrogens is 681 g/mol. The van der Waals surface area contributed by atoms with Gasteiger partial charge in [-0.15, -0.1) is 6.42 Å². The van der Waals surface area contributed by atoms with Gasteiger partial charge in [0, 0.05) is 36.4 Å². The minimum atomic E-state index is -0.938. The predicted octanol–water partition coefficient (Wildman–Crippen LogP) is 7.52. The summed E-state index contributed by atoms with van der Waals surface area (Å²) < 4.78 is 59.5. The Labute approximate surface area is 306 Å². The molecule has 1 amide bonds. The first-order valence-electron chi connectivity index (χ1n) is 18.7. The minimum absolute atomic E-state index is 0.00142. The van der Waals surface area contributed by atoms with Gasteiger partial charge in [0.1, 0.15) is 41.2 Å². The van der Waals surface area contributed by atoms with Crippen molar-refractivity contribution in [1.82, 2.24) is 24.8 Å². The number of piperazine rings is 1. The SMILES string of the molecule is C#Cc1c(F)ccc2cccc(-c3nc4c5c(nc(OC[C@@]67CCCN6C[C@H](F)C7)nc5c3F)N3C[C@H]5CC[C@@H]([C@@H]3C[C@@H]4C)N5C(=O)OC(C)(C)C)c12. The highest BCUT2D eigenvalue weighted by Gasteiger charge is 2.53. The molecule has 0 unspecified atom stereocenters. The number of hydrogen-bond donors (Lipinski definition) is 0. The number of fused-ring (bicyclic) bond motifs is 7. The van der Waals surface area contributed by atoms with Crippen molar-refractivity contribution in [3.8, 4) is 29.6 Å². The van der Waals surface area contributed by atoms with Crippen LogP contribution in [-0.4, -0.2) is 92.5 Å². The summed E-state index contributed by atoms with van der Waals surface area (Å²) in [6.07, 6.45) is 8.86. The lowest BCUT2D eigenvalue weighted by Crippen LogP contribution is -2.62. The van der Waals surface area contributed by atoms with E-state index < -0.39 is 28.9 Å². The van der Waals surface area contributed by atoms with Crippen molar-refractivity contribution in [2.24, 2.45) is 0 Å². The van der Waals surface area contributed by atoms with Gasteiger partial charge >= 0.3 is 12.1 Å². The average molecular weight is 725 g/mol. The monoisotopic (exact) mass is 724 g/mol. The van der Waals surface area contributed by atoms with Crippen molar-refractivity contribution in [1.29, 1.82) is 0 Å². The lowest BCUT2D eigenvalue weighted by molar-refractivity contribution is 0.00692. The molecule has 2 aromatic carbocycles. The van der Waals surface area contributed by atoms with Crippen LogP contribution in [0.2, 0.25) is 0 Å². The van der Waals surface area contributed by atoms with E-state index in [9.17, 15) is 9.18 Å². The third-order valence-electron chi connectivity index (χ3n) is 12.1. The summed E-state index contributed by atoms with van der Waals surface area (Å²) in [5.41, 5.74) is -0.0565. The number of ether oxygens (including phenoxy) is 2. The van der Waals surface area contributed by atoms with Crippen LogP contribution in [-0.2, 0) is 4.74 Å². The lowest BCUT2D eigenvalue weighted by atomic mass is 9.91. The molecular formula is C41H43F3N6O3. The van der Waals surface area contributed by atoms with Crippen LogP contribution in [0.5, 0.6) is 6.01 Å². The molecule has 0 spiro atoms. The summed E-state index contributed by atoms with van der Waals surface area (Å²) >= 11 is 0. The summed E-state index contributed by atoms with van der Waals surface area (Å²) in [5, 5.41) is 1.54. The summed E-state index contributed by atoms with van der Waals surface area (Å²) in [4.78, 5) is 34.7. The van der Waals surface area contributed by atoms with Crippen molar-refractivity contribution in [2.45, 2.75) is 108 Å². The number of pyridine rings is 1. The van der Waals surface area contributed by atoms with Crippen LogP contribution in [0, 0.1) is 24.0 Å². The quantitative estimate of drug-likeness (QED) is 0.200. The molecule has 9 rings (SSSR count). The number of terminal acetylenes is 1. The van der Waals surface area contributed by atoms with Crippen LogP contribution in [0.15, 0.2) is 30.3 Å². The van der Waals surface area contributed by atoms with Gasteiger partial charge in [0.25, 0.3) is 0 Å². The molecule has 4 aromatic rings. The Morgan fingerprint density at radius 1 is 1.08 bits per heavy atom. The second kappa shape index (κ2) is 12.2. The van der Waals surface area contributed by atoms with Gasteiger partial charge in [-0.3, -0.25) is 9.80 Å². The Kier molecular flexibility index (Phi) is 7.86. The van der Waals surface area contributed by atoms with Gasteiger partial charge in [-0.2, -0.15) is 9.97 Å². The molecule has 4 fully saturated rings. The third kappa shape index (κ3) is 5.40. The number of nitrogens with zero attached hydrogens (tertiary/aromatic N) is 6. The van der Waals surface area contributed by atoms with Crippen molar-refractivity contribution < 1.29 is 27.4 Å². The molecule has 12 heteroatoms. The zero-order chi connectivity index (χ0) is 37.0. The van der Waals surface area contributed by atoms with E-state index in [4.69, 9.17) is 30.8 Å². The second-order valence-corrected chi connectivity index (χ2v) is 16.6. The Hall–Kier alpha value is -4.63. The number of benzene rings is 2. The van der Waals surface area contributed by atoms with Crippen LogP contribution in [0.25, 0.3) is 32.9 Å². The fraction of sp³-hybridized carbons (Fsp3) is 0.512. The first kappa shape index (κ1) is 34.2. The molecule has 7 heterocycles. The largest absolute Gasteiger partial charge is 0.461 e. The number of alkyl halides is 1. The van der Waals surface area contributed by atoms with Crippen molar-refractivity contribution >= 4 is 33.6 Å². The summed E-state index contributed by atoms with van der Waals surface area (Å²) in [6.45, 7) is 9.47. The number of hydrogen-bond acceptors (Lipinski definition) is 8. The normalized spacial score (nSPS) is 27.8.